The largest absolute Gasteiger partial charge is 0.369 e. The van der Waals surface area contributed by atoms with Crippen molar-refractivity contribution >= 4 is 45.6 Å². The second-order valence-electron chi connectivity index (χ2n) is 8.85. The molecular weight excluding hydrogens is 460 g/mol. The maximum atomic E-state index is 12.9. The Morgan fingerprint density at radius 2 is 1.91 bits per heavy atom. The van der Waals surface area contributed by atoms with Gasteiger partial charge in [0.15, 0.2) is 5.82 Å². The molecule has 2 atom stereocenters. The van der Waals surface area contributed by atoms with E-state index in [0.717, 1.165) is 35.7 Å². The first-order valence-electron chi connectivity index (χ1n) is 11.7. The lowest BCUT2D eigenvalue weighted by molar-refractivity contribution is 0.0940. The first-order valence-corrected chi connectivity index (χ1v) is 12.6. The van der Waals surface area contributed by atoms with Crippen LogP contribution in [0.15, 0.2) is 60.0 Å². The predicted octanol–water partition coefficient (Wildman–Crippen LogP) is 4.17. The summed E-state index contributed by atoms with van der Waals surface area (Å²) in [5.41, 5.74) is 2.90. The number of nitrogens with zero attached hydrogens (tertiary/aromatic N) is 2. The van der Waals surface area contributed by atoms with E-state index in [1.54, 1.807) is 29.5 Å². The van der Waals surface area contributed by atoms with Crippen molar-refractivity contribution in [2.45, 2.75) is 25.9 Å². The van der Waals surface area contributed by atoms with Crippen LogP contribution < -0.4 is 20.9 Å². The van der Waals surface area contributed by atoms with Gasteiger partial charge in [0.25, 0.3) is 11.8 Å². The number of hydrogen-bond acceptors (Lipinski definition) is 6. The highest BCUT2D eigenvalue weighted by molar-refractivity contribution is 7.10. The minimum absolute atomic E-state index is 0.0888. The van der Waals surface area contributed by atoms with E-state index in [2.05, 4.69) is 38.0 Å². The maximum absolute atomic E-state index is 12.9. The molecule has 0 bridgehead atoms. The van der Waals surface area contributed by atoms with Crippen molar-refractivity contribution in [3.8, 4) is 0 Å². The van der Waals surface area contributed by atoms with E-state index in [1.165, 1.54) is 0 Å². The molecule has 5 rings (SSSR count). The molecule has 4 aromatic rings. The Hall–Kier alpha value is -3.69. The van der Waals surface area contributed by atoms with Gasteiger partial charge in [-0.3, -0.25) is 14.7 Å². The summed E-state index contributed by atoms with van der Waals surface area (Å²) in [6.07, 6.45) is 0. The fourth-order valence-corrected chi connectivity index (χ4v) is 5.04. The second-order valence-corrected chi connectivity index (χ2v) is 9.82. The van der Waals surface area contributed by atoms with Gasteiger partial charge >= 0.3 is 0 Å². The Morgan fingerprint density at radius 1 is 1.11 bits per heavy atom. The quantitative estimate of drug-likeness (QED) is 0.326. The predicted molar refractivity (Wildman–Crippen MR) is 140 cm³/mol. The first-order chi connectivity index (χ1) is 17.0. The molecule has 2 aromatic carbocycles. The summed E-state index contributed by atoms with van der Waals surface area (Å²) in [7, 11) is 0. The number of amides is 2. The third-order valence-electron chi connectivity index (χ3n) is 6.24. The summed E-state index contributed by atoms with van der Waals surface area (Å²) in [5.74, 6) is -0.0325. The van der Waals surface area contributed by atoms with Crippen molar-refractivity contribution in [3.05, 3.63) is 76.0 Å². The lowest BCUT2D eigenvalue weighted by Gasteiger charge is -2.33. The third kappa shape index (κ3) is 5.06. The molecular formula is C26H28N6O2S. The smallest absolute Gasteiger partial charge is 0.256 e. The normalized spacial score (nSPS) is 16.7. The van der Waals surface area contributed by atoms with Crippen molar-refractivity contribution in [2.75, 3.05) is 29.9 Å². The summed E-state index contributed by atoms with van der Waals surface area (Å²) < 4.78 is 0. The van der Waals surface area contributed by atoms with Gasteiger partial charge in [0, 0.05) is 52.8 Å². The van der Waals surface area contributed by atoms with Gasteiger partial charge in [-0.25, -0.2) is 0 Å². The Bertz CT molecular complexity index is 1330. The highest BCUT2D eigenvalue weighted by Gasteiger charge is 2.18. The van der Waals surface area contributed by atoms with Gasteiger partial charge in [-0.05, 0) is 67.8 Å². The fraction of sp³-hybridized carbons (Fsp3) is 0.269. The summed E-state index contributed by atoms with van der Waals surface area (Å²) in [6.45, 7) is 6.95. The molecule has 0 aliphatic carbocycles. The number of piperazine rings is 1. The number of H-pyrrole nitrogens is 1. The molecule has 8 nitrogen and oxygen atoms in total. The highest BCUT2D eigenvalue weighted by Crippen LogP contribution is 2.24. The zero-order valence-electron chi connectivity index (χ0n) is 19.7. The van der Waals surface area contributed by atoms with Crippen LogP contribution in [0.5, 0.6) is 0 Å². The van der Waals surface area contributed by atoms with E-state index in [0.29, 0.717) is 28.4 Å². The molecule has 2 aromatic heterocycles. The molecule has 0 radical (unpaired) electrons. The summed E-state index contributed by atoms with van der Waals surface area (Å²) >= 11 is 1.61. The number of benzene rings is 2. The van der Waals surface area contributed by atoms with Crippen molar-refractivity contribution in [2.24, 2.45) is 0 Å². The van der Waals surface area contributed by atoms with E-state index in [4.69, 9.17) is 0 Å². The molecule has 1 fully saturated rings. The summed E-state index contributed by atoms with van der Waals surface area (Å²) in [6, 6.07) is 17.2. The van der Waals surface area contributed by atoms with E-state index in [1.807, 2.05) is 48.7 Å². The monoisotopic (exact) mass is 488 g/mol. The number of hydrogen-bond donors (Lipinski definition) is 4. The Kier molecular flexibility index (Phi) is 6.52. The van der Waals surface area contributed by atoms with E-state index < -0.39 is 0 Å². The number of carbonyl (C=O) groups excluding carboxylic acids is 2. The SMILES string of the molecule is CC(NC(=O)c1ccc2[nH]nc(NC(=O)c3ccc(N4CCN[C@@H](C)C4)cc3)c2c1)c1cccs1. The number of carbonyl (C=O) groups is 2. The molecule has 1 aliphatic heterocycles. The van der Waals surface area contributed by atoms with E-state index in [9.17, 15) is 9.59 Å². The molecule has 9 heteroatoms. The molecule has 0 saturated carbocycles. The number of nitrogens with one attached hydrogen (secondary N) is 4. The van der Waals surface area contributed by atoms with Gasteiger partial charge in [0.1, 0.15) is 0 Å². The number of fused-ring (bicyclic) bond motifs is 1. The van der Waals surface area contributed by atoms with Gasteiger partial charge in [-0.15, -0.1) is 11.3 Å². The van der Waals surface area contributed by atoms with Gasteiger partial charge in [-0.1, -0.05) is 6.07 Å². The topological polar surface area (TPSA) is 102 Å². The minimum Gasteiger partial charge on any atom is -0.369 e. The Labute approximate surface area is 207 Å². The van der Waals surface area contributed by atoms with Gasteiger partial charge in [0.05, 0.1) is 11.6 Å². The number of rotatable bonds is 6. The standard InChI is InChI=1S/C26H28N6O2S/c1-16-15-32(12-11-27-16)20-8-5-18(6-9-20)25(33)29-24-21-14-19(7-10-22(21)30-31-24)26(34)28-17(2)23-4-3-13-35-23/h3-10,13-14,16-17,27H,11-12,15H2,1-2H3,(H,28,34)(H2,29,30,31,33)/t16-,17?/m0/s1. The molecule has 3 heterocycles. The molecule has 0 spiro atoms. The van der Waals surface area contributed by atoms with Crippen LogP contribution in [0.1, 0.15) is 45.5 Å². The van der Waals surface area contributed by atoms with Crippen molar-refractivity contribution in [1.29, 1.82) is 0 Å². The Morgan fingerprint density at radius 3 is 2.66 bits per heavy atom. The number of anilines is 2. The van der Waals surface area contributed by atoms with Crippen LogP contribution in [0.2, 0.25) is 0 Å². The lowest BCUT2D eigenvalue weighted by Crippen LogP contribution is -2.49. The zero-order valence-corrected chi connectivity index (χ0v) is 20.5. The van der Waals surface area contributed by atoms with E-state index >= 15 is 0 Å². The van der Waals surface area contributed by atoms with Crippen LogP contribution in [-0.2, 0) is 0 Å². The van der Waals surface area contributed by atoms with Crippen molar-refractivity contribution in [3.63, 3.8) is 0 Å². The van der Waals surface area contributed by atoms with Crippen molar-refractivity contribution in [1.82, 2.24) is 20.8 Å². The van der Waals surface area contributed by atoms with Crippen LogP contribution in [0.3, 0.4) is 0 Å². The third-order valence-corrected chi connectivity index (χ3v) is 7.29. The summed E-state index contributed by atoms with van der Waals surface area (Å²) in [5, 5.41) is 19.2. The molecule has 35 heavy (non-hydrogen) atoms. The Balaban J connectivity index is 1.29. The highest BCUT2D eigenvalue weighted by atomic mass is 32.1. The number of thiophene rings is 1. The second kappa shape index (κ2) is 9.89. The van der Waals surface area contributed by atoms with Crippen molar-refractivity contribution < 1.29 is 9.59 Å². The molecule has 1 unspecified atom stereocenters. The minimum atomic E-state index is -0.250. The van der Waals surface area contributed by atoms with Crippen LogP contribution in [0.25, 0.3) is 10.9 Å². The first kappa shape index (κ1) is 23.1. The average molecular weight is 489 g/mol. The molecule has 1 aliphatic rings. The number of aromatic amines is 1. The lowest BCUT2D eigenvalue weighted by atomic mass is 10.1. The van der Waals surface area contributed by atoms with Crippen LogP contribution >= 0.6 is 11.3 Å². The molecule has 4 N–H and O–H groups in total. The summed E-state index contributed by atoms with van der Waals surface area (Å²) in [4.78, 5) is 29.2. The average Bonchev–Trinajstić information content (AvgIpc) is 3.55. The van der Waals surface area contributed by atoms with Crippen LogP contribution in [-0.4, -0.2) is 47.7 Å². The molecule has 2 amide bonds. The zero-order chi connectivity index (χ0) is 24.4. The van der Waals surface area contributed by atoms with Gasteiger partial charge in [-0.2, -0.15) is 5.10 Å². The van der Waals surface area contributed by atoms with E-state index in [-0.39, 0.29) is 17.9 Å². The molecule has 180 valence electrons. The number of aromatic nitrogens is 2. The van der Waals surface area contributed by atoms with Crippen LogP contribution in [0, 0.1) is 0 Å². The maximum Gasteiger partial charge on any atom is 0.256 e. The molecule has 1 saturated heterocycles. The fourth-order valence-electron chi connectivity index (χ4n) is 4.31. The van der Waals surface area contributed by atoms with Crippen LogP contribution in [0.4, 0.5) is 11.5 Å². The van der Waals surface area contributed by atoms with Gasteiger partial charge < -0.3 is 20.9 Å². The van der Waals surface area contributed by atoms with Gasteiger partial charge in [0.2, 0.25) is 0 Å².